The van der Waals surface area contributed by atoms with Crippen molar-refractivity contribution in [2.75, 3.05) is 11.9 Å². The van der Waals surface area contributed by atoms with Gasteiger partial charge in [-0.15, -0.1) is 13.2 Å². The van der Waals surface area contributed by atoms with Crippen LogP contribution < -0.4 is 26.4 Å². The summed E-state index contributed by atoms with van der Waals surface area (Å²) >= 11 is 0. The lowest BCUT2D eigenvalue weighted by atomic mass is 9.86. The third-order valence-corrected chi connectivity index (χ3v) is 6.19. The summed E-state index contributed by atoms with van der Waals surface area (Å²) in [6.45, 7) is 3.01. The number of anilines is 1. The Morgan fingerprint density at radius 2 is 1.79 bits per heavy atom. The smallest absolute Gasteiger partial charge is 0.405 e. The van der Waals surface area contributed by atoms with E-state index >= 15 is 0 Å². The number of guanidine groups is 1. The minimum atomic E-state index is -4.69. The second-order valence-corrected chi connectivity index (χ2v) is 8.94. The van der Waals surface area contributed by atoms with Crippen LogP contribution in [0.3, 0.4) is 0 Å². The molecule has 178 valence electrons. The van der Waals surface area contributed by atoms with Gasteiger partial charge in [0.25, 0.3) is 0 Å². The number of ether oxygens (including phenoxy) is 1. The van der Waals surface area contributed by atoms with Gasteiger partial charge < -0.3 is 26.4 Å². The van der Waals surface area contributed by atoms with Gasteiger partial charge in [-0.25, -0.2) is 4.99 Å². The maximum absolute atomic E-state index is 12.6. The maximum atomic E-state index is 12.6. The van der Waals surface area contributed by atoms with Gasteiger partial charge in [0.1, 0.15) is 11.4 Å². The van der Waals surface area contributed by atoms with Gasteiger partial charge >= 0.3 is 6.36 Å². The zero-order chi connectivity index (χ0) is 23.5. The Morgan fingerprint density at radius 3 is 2.55 bits per heavy atom. The number of hydrogen-bond donors (Lipinski definition) is 4. The number of benzene rings is 2. The Hall–Kier alpha value is -2.78. The highest BCUT2D eigenvalue weighted by Crippen LogP contribution is 2.30. The first-order valence-electron chi connectivity index (χ1n) is 11.3. The van der Waals surface area contributed by atoms with Crippen molar-refractivity contribution in [3.63, 3.8) is 0 Å². The van der Waals surface area contributed by atoms with Crippen LogP contribution >= 0.6 is 0 Å². The van der Waals surface area contributed by atoms with E-state index in [0.717, 1.165) is 43.5 Å². The number of nitrogens with one attached hydrogen (secondary N) is 3. The molecule has 1 aliphatic heterocycles. The molecule has 2 aliphatic rings. The zero-order valence-corrected chi connectivity index (χ0v) is 18.6. The molecule has 2 aromatic rings. The van der Waals surface area contributed by atoms with E-state index in [-0.39, 0.29) is 11.8 Å². The van der Waals surface area contributed by atoms with Gasteiger partial charge in [-0.05, 0) is 57.2 Å². The number of aliphatic imine (C=N–C) groups is 1. The molecule has 33 heavy (non-hydrogen) atoms. The molecule has 1 fully saturated rings. The molecule has 5 N–H and O–H groups in total. The van der Waals surface area contributed by atoms with E-state index in [1.165, 1.54) is 12.1 Å². The Morgan fingerprint density at radius 1 is 1.09 bits per heavy atom. The molecule has 1 atom stereocenters. The molecule has 1 saturated carbocycles. The van der Waals surface area contributed by atoms with Gasteiger partial charge in [-0.1, -0.05) is 36.4 Å². The molecule has 1 aliphatic carbocycles. The van der Waals surface area contributed by atoms with E-state index < -0.39 is 12.0 Å². The third kappa shape index (κ3) is 6.17. The average molecular weight is 462 g/mol. The molecule has 6 nitrogen and oxygen atoms in total. The molecule has 0 aromatic heterocycles. The second-order valence-electron chi connectivity index (χ2n) is 8.94. The van der Waals surface area contributed by atoms with E-state index in [2.05, 4.69) is 20.7 Å². The first-order valence-corrected chi connectivity index (χ1v) is 11.3. The summed E-state index contributed by atoms with van der Waals surface area (Å²) < 4.78 is 41.9. The van der Waals surface area contributed by atoms with Crippen LogP contribution in [-0.2, 0) is 12.2 Å². The van der Waals surface area contributed by atoms with E-state index in [9.17, 15) is 13.2 Å². The van der Waals surface area contributed by atoms with Crippen molar-refractivity contribution in [1.82, 2.24) is 10.6 Å². The molecule has 0 spiro atoms. The van der Waals surface area contributed by atoms with Gasteiger partial charge in [0.05, 0.1) is 6.04 Å². The number of halogens is 3. The van der Waals surface area contributed by atoms with Gasteiger partial charge in [0.2, 0.25) is 0 Å². The average Bonchev–Trinajstić information content (AvgIpc) is 2.75. The fourth-order valence-electron chi connectivity index (χ4n) is 4.53. The predicted octanol–water partition coefficient (Wildman–Crippen LogP) is 4.44. The highest BCUT2D eigenvalue weighted by molar-refractivity contribution is 5.97. The number of rotatable bonds is 6. The summed E-state index contributed by atoms with van der Waals surface area (Å²) in [5.41, 5.74) is 8.22. The standard InChI is InChI=1S/C24H30F3N5O/c1-23(28)19-7-3-4-8-20(19)31-22(32-23)30-18-12-10-16(11-13-18)14-29-15-17-6-2-5-9-21(17)33-24(25,26)27/h2-9,16,18,29H,10-15,28H2,1H3,(H2,30,31,32). The first-order chi connectivity index (χ1) is 15.7. The Balaban J connectivity index is 1.26. The van der Waals surface area contributed by atoms with Gasteiger partial charge in [0, 0.05) is 23.4 Å². The summed E-state index contributed by atoms with van der Waals surface area (Å²) in [6, 6.07) is 14.4. The molecular weight excluding hydrogens is 431 g/mol. The summed E-state index contributed by atoms with van der Waals surface area (Å²) in [5.74, 6) is 1.00. The minimum absolute atomic E-state index is 0.155. The van der Waals surface area contributed by atoms with Crippen molar-refractivity contribution in [3.8, 4) is 5.75 Å². The number of para-hydroxylation sites is 2. The highest BCUT2D eigenvalue weighted by atomic mass is 19.4. The van der Waals surface area contributed by atoms with Crippen LogP contribution in [0.4, 0.5) is 18.9 Å². The molecule has 0 saturated heterocycles. The molecule has 1 heterocycles. The van der Waals surface area contributed by atoms with E-state index in [0.29, 0.717) is 24.0 Å². The molecule has 0 amide bonds. The third-order valence-electron chi connectivity index (χ3n) is 6.19. The molecule has 2 aromatic carbocycles. The highest BCUT2D eigenvalue weighted by Gasteiger charge is 2.32. The number of hydrogen-bond acceptors (Lipinski definition) is 4. The Bertz CT molecular complexity index is 984. The van der Waals surface area contributed by atoms with Crippen molar-refractivity contribution in [2.24, 2.45) is 16.6 Å². The molecule has 0 radical (unpaired) electrons. The van der Waals surface area contributed by atoms with E-state index in [1.807, 2.05) is 31.2 Å². The number of nitrogens with two attached hydrogens (primary N) is 1. The topological polar surface area (TPSA) is 83.7 Å². The van der Waals surface area contributed by atoms with Gasteiger partial charge in [0.15, 0.2) is 5.96 Å². The van der Waals surface area contributed by atoms with Crippen molar-refractivity contribution in [3.05, 3.63) is 59.7 Å². The van der Waals surface area contributed by atoms with Crippen LogP contribution in [0.5, 0.6) is 5.75 Å². The lowest BCUT2D eigenvalue weighted by Crippen LogP contribution is -2.56. The summed E-state index contributed by atoms with van der Waals surface area (Å²) in [6.07, 6.45) is -0.773. The summed E-state index contributed by atoms with van der Waals surface area (Å²) in [5, 5.41) is 9.92. The largest absolute Gasteiger partial charge is 0.573 e. The Kier molecular flexibility index (Phi) is 6.81. The van der Waals surface area contributed by atoms with Crippen LogP contribution in [0.1, 0.15) is 43.7 Å². The van der Waals surface area contributed by atoms with Crippen molar-refractivity contribution in [2.45, 2.75) is 57.2 Å². The number of fused-ring (bicyclic) bond motifs is 1. The minimum Gasteiger partial charge on any atom is -0.405 e. The molecule has 0 bridgehead atoms. The quantitative estimate of drug-likeness (QED) is 0.511. The predicted molar refractivity (Wildman–Crippen MR) is 123 cm³/mol. The van der Waals surface area contributed by atoms with Crippen molar-refractivity contribution in [1.29, 1.82) is 0 Å². The number of alkyl halides is 3. The summed E-state index contributed by atoms with van der Waals surface area (Å²) in [4.78, 5) is 4.87. The fraction of sp³-hybridized carbons (Fsp3) is 0.458. The Labute approximate surface area is 191 Å². The monoisotopic (exact) mass is 461 g/mol. The van der Waals surface area contributed by atoms with Crippen molar-refractivity contribution >= 4 is 11.6 Å². The normalized spacial score (nSPS) is 26.3. The van der Waals surface area contributed by atoms with E-state index in [4.69, 9.17) is 10.7 Å². The van der Waals surface area contributed by atoms with Gasteiger partial charge in [-0.3, -0.25) is 0 Å². The number of nitrogens with zero attached hydrogens (tertiary/aromatic N) is 1. The fourth-order valence-corrected chi connectivity index (χ4v) is 4.53. The molecule has 1 unspecified atom stereocenters. The first kappa shape index (κ1) is 23.4. The lowest BCUT2D eigenvalue weighted by molar-refractivity contribution is -0.274. The maximum Gasteiger partial charge on any atom is 0.573 e. The van der Waals surface area contributed by atoms with Gasteiger partial charge in [-0.2, -0.15) is 0 Å². The lowest BCUT2D eigenvalue weighted by Gasteiger charge is -2.36. The van der Waals surface area contributed by atoms with E-state index in [1.54, 1.807) is 12.1 Å². The second kappa shape index (κ2) is 9.61. The van der Waals surface area contributed by atoms with Crippen LogP contribution in [0.2, 0.25) is 0 Å². The van der Waals surface area contributed by atoms with Crippen molar-refractivity contribution < 1.29 is 17.9 Å². The van der Waals surface area contributed by atoms with Crippen LogP contribution in [0.15, 0.2) is 53.5 Å². The molecule has 9 heteroatoms. The summed E-state index contributed by atoms with van der Waals surface area (Å²) in [7, 11) is 0. The van der Waals surface area contributed by atoms with Crippen LogP contribution in [0, 0.1) is 5.92 Å². The molecule has 4 rings (SSSR count). The SMILES string of the molecule is CC1(N)NC(=NC2CCC(CNCc3ccccc3OC(F)(F)F)CC2)Nc2ccccc21. The zero-order valence-electron chi connectivity index (χ0n) is 18.6. The van der Waals surface area contributed by atoms with Crippen LogP contribution in [-0.4, -0.2) is 24.9 Å². The van der Waals surface area contributed by atoms with Crippen LogP contribution in [0.25, 0.3) is 0 Å². The molecular formula is C24H30F3N5O.